The predicted molar refractivity (Wildman–Crippen MR) is 71.7 cm³/mol. The SMILES string of the molecule is O=C(CBr)c1ccc(-n2cnc(Cl)c2Cl)cc1. The highest BCUT2D eigenvalue weighted by molar-refractivity contribution is 9.09. The fourth-order valence-electron chi connectivity index (χ4n) is 1.38. The van der Waals surface area contributed by atoms with Crippen molar-refractivity contribution in [3.8, 4) is 5.69 Å². The number of ketones is 1. The molecule has 0 radical (unpaired) electrons. The van der Waals surface area contributed by atoms with Gasteiger partial charge < -0.3 is 0 Å². The van der Waals surface area contributed by atoms with Crippen LogP contribution in [-0.2, 0) is 0 Å². The van der Waals surface area contributed by atoms with Gasteiger partial charge in [0.25, 0.3) is 0 Å². The van der Waals surface area contributed by atoms with Crippen LogP contribution in [0.25, 0.3) is 5.69 Å². The molecule has 0 saturated carbocycles. The lowest BCUT2D eigenvalue weighted by Crippen LogP contribution is -2.00. The summed E-state index contributed by atoms with van der Waals surface area (Å²) in [4.78, 5) is 15.3. The summed E-state index contributed by atoms with van der Waals surface area (Å²) >= 11 is 14.9. The number of nitrogens with zero attached hydrogens (tertiary/aromatic N) is 2. The molecule has 0 aliphatic rings. The minimum atomic E-state index is 0.0336. The third-order valence-corrected chi connectivity index (χ3v) is 3.50. The van der Waals surface area contributed by atoms with Crippen LogP contribution in [0.2, 0.25) is 10.3 Å². The Morgan fingerprint density at radius 1 is 1.29 bits per heavy atom. The summed E-state index contributed by atoms with van der Waals surface area (Å²) in [5.41, 5.74) is 1.45. The van der Waals surface area contributed by atoms with Crippen LogP contribution in [0, 0.1) is 0 Å². The monoisotopic (exact) mass is 332 g/mol. The normalized spacial score (nSPS) is 10.5. The molecular weight excluding hydrogens is 327 g/mol. The van der Waals surface area contributed by atoms with Crippen LogP contribution in [0.4, 0.5) is 0 Å². The molecule has 0 aliphatic heterocycles. The van der Waals surface area contributed by atoms with Gasteiger partial charge in [0.1, 0.15) is 6.33 Å². The summed E-state index contributed by atoms with van der Waals surface area (Å²) in [6.07, 6.45) is 1.53. The van der Waals surface area contributed by atoms with E-state index >= 15 is 0 Å². The van der Waals surface area contributed by atoms with E-state index < -0.39 is 0 Å². The van der Waals surface area contributed by atoms with Crippen molar-refractivity contribution in [2.75, 3.05) is 5.33 Å². The zero-order valence-electron chi connectivity index (χ0n) is 8.53. The average molecular weight is 334 g/mol. The number of imidazole rings is 1. The topological polar surface area (TPSA) is 34.9 Å². The lowest BCUT2D eigenvalue weighted by Gasteiger charge is -2.04. The van der Waals surface area contributed by atoms with Gasteiger partial charge in [-0.2, -0.15) is 0 Å². The second kappa shape index (κ2) is 5.21. The lowest BCUT2D eigenvalue weighted by atomic mass is 10.1. The van der Waals surface area contributed by atoms with Gasteiger partial charge in [-0.05, 0) is 24.3 Å². The van der Waals surface area contributed by atoms with Crippen LogP contribution in [0.15, 0.2) is 30.6 Å². The second-order valence-electron chi connectivity index (χ2n) is 3.30. The van der Waals surface area contributed by atoms with Gasteiger partial charge >= 0.3 is 0 Å². The molecule has 0 amide bonds. The van der Waals surface area contributed by atoms with Crippen LogP contribution in [0.5, 0.6) is 0 Å². The smallest absolute Gasteiger partial charge is 0.173 e. The summed E-state index contributed by atoms with van der Waals surface area (Å²) < 4.78 is 1.65. The van der Waals surface area contributed by atoms with Gasteiger partial charge in [0.05, 0.1) is 5.33 Å². The summed E-state index contributed by atoms with van der Waals surface area (Å²) in [5, 5.41) is 0.919. The summed E-state index contributed by atoms with van der Waals surface area (Å²) in [6.45, 7) is 0. The molecule has 0 atom stereocenters. The molecule has 1 aromatic carbocycles. The Morgan fingerprint density at radius 2 is 1.94 bits per heavy atom. The molecule has 88 valence electrons. The maximum Gasteiger partial charge on any atom is 0.173 e. The van der Waals surface area contributed by atoms with E-state index in [0.717, 1.165) is 5.69 Å². The Labute approximate surface area is 116 Å². The van der Waals surface area contributed by atoms with E-state index in [0.29, 0.717) is 16.0 Å². The van der Waals surface area contributed by atoms with Gasteiger partial charge in [-0.1, -0.05) is 39.1 Å². The first-order chi connectivity index (χ1) is 8.13. The zero-order chi connectivity index (χ0) is 12.4. The van der Waals surface area contributed by atoms with Crippen molar-refractivity contribution in [3.05, 3.63) is 46.5 Å². The van der Waals surface area contributed by atoms with Gasteiger partial charge in [-0.15, -0.1) is 0 Å². The number of hydrogen-bond acceptors (Lipinski definition) is 2. The number of carbonyl (C=O) groups is 1. The van der Waals surface area contributed by atoms with E-state index in [1.807, 2.05) is 0 Å². The zero-order valence-corrected chi connectivity index (χ0v) is 11.6. The Bertz CT molecular complexity index is 551. The molecule has 0 spiro atoms. The molecule has 2 rings (SSSR count). The van der Waals surface area contributed by atoms with Crippen LogP contribution >= 0.6 is 39.1 Å². The largest absolute Gasteiger partial charge is 0.293 e. The molecule has 0 N–H and O–H groups in total. The fourth-order valence-corrected chi connectivity index (χ4v) is 2.03. The minimum absolute atomic E-state index is 0.0336. The Hall–Kier alpha value is -0.840. The molecule has 1 heterocycles. The molecule has 3 nitrogen and oxygen atoms in total. The Kier molecular flexibility index (Phi) is 3.86. The van der Waals surface area contributed by atoms with Crippen LogP contribution < -0.4 is 0 Å². The maximum atomic E-state index is 11.4. The predicted octanol–water partition coefficient (Wildman–Crippen LogP) is 3.76. The number of carbonyl (C=O) groups excluding carboxylic acids is 1. The first-order valence-corrected chi connectivity index (χ1v) is 6.59. The van der Waals surface area contributed by atoms with Crippen molar-refractivity contribution in [3.63, 3.8) is 0 Å². The number of hydrogen-bond donors (Lipinski definition) is 0. The fraction of sp³-hybridized carbons (Fsp3) is 0.0909. The van der Waals surface area contributed by atoms with Gasteiger partial charge in [-0.3, -0.25) is 9.36 Å². The third kappa shape index (κ3) is 2.54. The van der Waals surface area contributed by atoms with Crippen LogP contribution in [-0.4, -0.2) is 20.7 Å². The maximum absolute atomic E-state index is 11.4. The average Bonchev–Trinajstić information content (AvgIpc) is 2.69. The molecule has 2 aromatic rings. The van der Waals surface area contributed by atoms with Crippen molar-refractivity contribution < 1.29 is 4.79 Å². The quantitative estimate of drug-likeness (QED) is 0.633. The van der Waals surface area contributed by atoms with Crippen LogP contribution in [0.3, 0.4) is 0 Å². The van der Waals surface area contributed by atoms with E-state index in [2.05, 4.69) is 20.9 Å². The molecule has 0 bridgehead atoms. The highest BCUT2D eigenvalue weighted by Crippen LogP contribution is 2.23. The number of halogens is 3. The van der Waals surface area contributed by atoms with E-state index in [1.165, 1.54) is 6.33 Å². The molecule has 1 aromatic heterocycles. The molecule has 0 unspecified atom stereocenters. The van der Waals surface area contributed by atoms with Crippen molar-refractivity contribution >= 4 is 44.9 Å². The minimum Gasteiger partial charge on any atom is -0.293 e. The molecule has 0 aliphatic carbocycles. The van der Waals surface area contributed by atoms with Crippen LogP contribution in [0.1, 0.15) is 10.4 Å². The third-order valence-electron chi connectivity index (χ3n) is 2.26. The van der Waals surface area contributed by atoms with Crippen molar-refractivity contribution in [2.24, 2.45) is 0 Å². The summed E-state index contributed by atoms with van der Waals surface area (Å²) in [5.74, 6) is 0.0336. The highest BCUT2D eigenvalue weighted by atomic mass is 79.9. The number of rotatable bonds is 3. The Balaban J connectivity index is 2.36. The molecule has 0 saturated heterocycles. The second-order valence-corrected chi connectivity index (χ2v) is 4.58. The van der Waals surface area contributed by atoms with Crippen molar-refractivity contribution in [1.29, 1.82) is 0 Å². The van der Waals surface area contributed by atoms with Gasteiger partial charge in [0.2, 0.25) is 0 Å². The number of aromatic nitrogens is 2. The standard InChI is InChI=1S/C11H7BrCl2N2O/c12-5-9(17)7-1-3-8(4-2-7)16-6-15-10(13)11(16)14/h1-4,6H,5H2. The van der Waals surface area contributed by atoms with Crippen molar-refractivity contribution in [2.45, 2.75) is 0 Å². The first-order valence-electron chi connectivity index (χ1n) is 4.71. The Morgan fingerprint density at radius 3 is 2.41 bits per heavy atom. The number of benzene rings is 1. The van der Waals surface area contributed by atoms with E-state index in [9.17, 15) is 4.79 Å². The molecule has 6 heteroatoms. The van der Waals surface area contributed by atoms with Gasteiger partial charge in [0, 0.05) is 11.3 Å². The molecule has 17 heavy (non-hydrogen) atoms. The van der Waals surface area contributed by atoms with Gasteiger partial charge in [0.15, 0.2) is 16.1 Å². The van der Waals surface area contributed by atoms with Gasteiger partial charge in [-0.25, -0.2) is 4.98 Å². The summed E-state index contributed by atoms with van der Waals surface area (Å²) in [7, 11) is 0. The number of Topliss-reactive ketones (excluding diaryl/α,β-unsaturated/α-hetero) is 1. The molecular formula is C11H7BrCl2N2O. The van der Waals surface area contributed by atoms with E-state index in [1.54, 1.807) is 28.8 Å². The number of alkyl halides is 1. The van der Waals surface area contributed by atoms with Crippen molar-refractivity contribution in [1.82, 2.24) is 9.55 Å². The lowest BCUT2D eigenvalue weighted by molar-refractivity contribution is 0.102. The first kappa shape index (κ1) is 12.6. The summed E-state index contributed by atoms with van der Waals surface area (Å²) in [6, 6.07) is 7.06. The van der Waals surface area contributed by atoms with E-state index in [-0.39, 0.29) is 10.9 Å². The highest BCUT2D eigenvalue weighted by Gasteiger charge is 2.09. The van der Waals surface area contributed by atoms with E-state index in [4.69, 9.17) is 23.2 Å². The molecule has 0 fully saturated rings.